The van der Waals surface area contributed by atoms with E-state index < -0.39 is 0 Å². The molecule has 0 fully saturated rings. The smallest absolute Gasteiger partial charge is 0.253 e. The third-order valence-electron chi connectivity index (χ3n) is 4.02. The molecule has 4 rings (SSSR count). The van der Waals surface area contributed by atoms with Crippen molar-refractivity contribution in [3.05, 3.63) is 74.9 Å². The first-order valence-corrected chi connectivity index (χ1v) is 10.8. The van der Waals surface area contributed by atoms with Crippen LogP contribution in [0.3, 0.4) is 0 Å². The van der Waals surface area contributed by atoms with E-state index in [1.54, 1.807) is 39.8 Å². The standard InChI is InChI=1S/C19H15FN2OS3/c20-13-5-7-14(8-6-13)26-12-19(23)22-16(18-4-2-10-25-18)11-15(21-22)17-3-1-9-24-17/h1-10,16H,11-12H2. The Morgan fingerprint density at radius 2 is 1.92 bits per heavy atom. The second-order valence-corrected chi connectivity index (χ2v) is 8.72. The van der Waals surface area contributed by atoms with E-state index in [0.29, 0.717) is 0 Å². The Morgan fingerprint density at radius 3 is 2.62 bits per heavy atom. The molecule has 0 N–H and O–H groups in total. The van der Waals surface area contributed by atoms with Crippen LogP contribution in [0.4, 0.5) is 4.39 Å². The maximum absolute atomic E-state index is 13.0. The van der Waals surface area contributed by atoms with Gasteiger partial charge in [0.05, 0.1) is 22.4 Å². The summed E-state index contributed by atoms with van der Waals surface area (Å²) in [6, 6.07) is 14.2. The van der Waals surface area contributed by atoms with Crippen LogP contribution in [0.5, 0.6) is 0 Å². The minimum absolute atomic E-state index is 0.0377. The summed E-state index contributed by atoms with van der Waals surface area (Å²) in [6.07, 6.45) is 0.730. The Morgan fingerprint density at radius 1 is 1.15 bits per heavy atom. The zero-order valence-corrected chi connectivity index (χ0v) is 16.1. The Balaban J connectivity index is 1.52. The molecule has 0 saturated carbocycles. The van der Waals surface area contributed by atoms with Gasteiger partial charge in [-0.05, 0) is 47.2 Å². The third kappa shape index (κ3) is 3.75. The summed E-state index contributed by atoms with van der Waals surface area (Å²) in [6.45, 7) is 0. The zero-order valence-electron chi connectivity index (χ0n) is 13.7. The topological polar surface area (TPSA) is 32.7 Å². The summed E-state index contributed by atoms with van der Waals surface area (Å²) in [5.74, 6) is -0.0400. The number of hydrogen-bond donors (Lipinski definition) is 0. The monoisotopic (exact) mass is 402 g/mol. The summed E-state index contributed by atoms with van der Waals surface area (Å²) in [7, 11) is 0. The quantitative estimate of drug-likeness (QED) is 0.534. The van der Waals surface area contributed by atoms with Crippen LogP contribution in [-0.4, -0.2) is 22.4 Å². The van der Waals surface area contributed by atoms with Crippen molar-refractivity contribution in [2.45, 2.75) is 17.4 Å². The highest BCUT2D eigenvalue weighted by Gasteiger charge is 2.33. The molecule has 3 aromatic rings. The van der Waals surface area contributed by atoms with Gasteiger partial charge in [-0.3, -0.25) is 4.79 Å². The maximum atomic E-state index is 13.0. The van der Waals surface area contributed by atoms with Crippen LogP contribution in [0.25, 0.3) is 0 Å². The Hall–Kier alpha value is -1.96. The molecule has 3 heterocycles. The molecule has 1 aliphatic rings. The second kappa shape index (κ2) is 7.73. The number of hydrazone groups is 1. The first-order chi connectivity index (χ1) is 12.7. The fourth-order valence-corrected chi connectivity index (χ4v) is 5.06. The molecule has 7 heteroatoms. The molecular formula is C19H15FN2OS3. The van der Waals surface area contributed by atoms with Crippen LogP contribution in [-0.2, 0) is 4.79 Å². The summed E-state index contributed by atoms with van der Waals surface area (Å²) < 4.78 is 13.0. The van der Waals surface area contributed by atoms with Gasteiger partial charge in [-0.2, -0.15) is 5.10 Å². The van der Waals surface area contributed by atoms with E-state index in [2.05, 4.69) is 11.2 Å². The van der Waals surface area contributed by atoms with Gasteiger partial charge >= 0.3 is 0 Å². The largest absolute Gasteiger partial charge is 0.272 e. The molecule has 1 atom stereocenters. The molecule has 1 aromatic carbocycles. The highest BCUT2D eigenvalue weighted by Crippen LogP contribution is 2.36. The molecule has 0 spiro atoms. The van der Waals surface area contributed by atoms with E-state index in [1.807, 2.05) is 29.0 Å². The van der Waals surface area contributed by atoms with Crippen LogP contribution in [0, 0.1) is 5.82 Å². The average Bonchev–Trinajstić information content (AvgIpc) is 3.41. The summed E-state index contributed by atoms with van der Waals surface area (Å²) >= 11 is 4.68. The first kappa shape index (κ1) is 17.5. The van der Waals surface area contributed by atoms with E-state index in [4.69, 9.17) is 0 Å². The number of carbonyl (C=O) groups is 1. The van der Waals surface area contributed by atoms with Crippen molar-refractivity contribution in [2.24, 2.45) is 5.10 Å². The van der Waals surface area contributed by atoms with Crippen molar-refractivity contribution in [2.75, 3.05) is 5.75 Å². The number of hydrogen-bond acceptors (Lipinski definition) is 5. The number of thiophene rings is 2. The summed E-state index contributed by atoms with van der Waals surface area (Å²) in [5.41, 5.74) is 0.957. The predicted octanol–water partition coefficient (Wildman–Crippen LogP) is 5.42. The molecular weight excluding hydrogens is 387 g/mol. The van der Waals surface area contributed by atoms with Crippen molar-refractivity contribution in [1.82, 2.24) is 5.01 Å². The maximum Gasteiger partial charge on any atom is 0.253 e. The minimum Gasteiger partial charge on any atom is -0.272 e. The number of amides is 1. The molecule has 1 amide bonds. The van der Waals surface area contributed by atoms with Crippen LogP contribution in [0.2, 0.25) is 0 Å². The SMILES string of the molecule is O=C(CSc1ccc(F)cc1)N1N=C(c2cccs2)CC1c1cccs1. The van der Waals surface area contributed by atoms with Crippen LogP contribution in [0.1, 0.15) is 22.2 Å². The molecule has 0 aliphatic carbocycles. The van der Waals surface area contributed by atoms with E-state index in [0.717, 1.165) is 26.8 Å². The van der Waals surface area contributed by atoms with Crippen molar-refractivity contribution in [1.29, 1.82) is 0 Å². The highest BCUT2D eigenvalue weighted by atomic mass is 32.2. The highest BCUT2D eigenvalue weighted by molar-refractivity contribution is 8.00. The Kier molecular flexibility index (Phi) is 5.19. The predicted molar refractivity (Wildman–Crippen MR) is 107 cm³/mol. The minimum atomic E-state index is -0.275. The van der Waals surface area contributed by atoms with E-state index in [9.17, 15) is 9.18 Å². The van der Waals surface area contributed by atoms with Gasteiger partial charge < -0.3 is 0 Å². The van der Waals surface area contributed by atoms with E-state index >= 15 is 0 Å². The van der Waals surface area contributed by atoms with Crippen LogP contribution < -0.4 is 0 Å². The normalized spacial score (nSPS) is 16.7. The number of carbonyl (C=O) groups excluding carboxylic acids is 1. The van der Waals surface area contributed by atoms with Gasteiger partial charge in [-0.15, -0.1) is 34.4 Å². The number of nitrogens with zero attached hydrogens (tertiary/aromatic N) is 2. The number of thioether (sulfide) groups is 1. The molecule has 0 bridgehead atoms. The second-order valence-electron chi connectivity index (χ2n) is 5.74. The average molecular weight is 403 g/mol. The lowest BCUT2D eigenvalue weighted by molar-refractivity contribution is -0.130. The first-order valence-electron chi connectivity index (χ1n) is 8.06. The van der Waals surface area contributed by atoms with Crippen molar-refractivity contribution >= 4 is 46.1 Å². The van der Waals surface area contributed by atoms with Crippen molar-refractivity contribution < 1.29 is 9.18 Å². The number of rotatable bonds is 5. The third-order valence-corrected chi connectivity index (χ3v) is 6.91. The van der Waals surface area contributed by atoms with E-state index in [-0.39, 0.29) is 23.5 Å². The molecule has 1 aliphatic heterocycles. The van der Waals surface area contributed by atoms with E-state index in [1.165, 1.54) is 23.9 Å². The fourth-order valence-electron chi connectivity index (χ4n) is 2.78. The Bertz CT molecular complexity index is 905. The van der Waals surface area contributed by atoms with Gasteiger partial charge in [-0.1, -0.05) is 12.1 Å². The summed E-state index contributed by atoms with van der Waals surface area (Å²) in [4.78, 5) is 16.0. The van der Waals surface area contributed by atoms with Crippen LogP contribution in [0.15, 0.2) is 69.3 Å². The molecule has 2 aromatic heterocycles. The van der Waals surface area contributed by atoms with Gasteiger partial charge in [0.25, 0.3) is 5.91 Å². The van der Waals surface area contributed by atoms with Crippen molar-refractivity contribution in [3.8, 4) is 0 Å². The molecule has 132 valence electrons. The fraction of sp³-hybridized carbons (Fsp3) is 0.158. The van der Waals surface area contributed by atoms with Gasteiger partial charge in [0.2, 0.25) is 0 Å². The van der Waals surface area contributed by atoms with Gasteiger partial charge in [0.15, 0.2) is 0 Å². The molecule has 26 heavy (non-hydrogen) atoms. The van der Waals surface area contributed by atoms with Crippen molar-refractivity contribution in [3.63, 3.8) is 0 Å². The molecule has 0 radical (unpaired) electrons. The molecule has 3 nitrogen and oxygen atoms in total. The lowest BCUT2D eigenvalue weighted by Crippen LogP contribution is -2.28. The van der Waals surface area contributed by atoms with Gasteiger partial charge in [-0.25, -0.2) is 9.40 Å². The van der Waals surface area contributed by atoms with Crippen LogP contribution >= 0.6 is 34.4 Å². The summed E-state index contributed by atoms with van der Waals surface area (Å²) in [5, 5.41) is 10.3. The molecule has 1 unspecified atom stereocenters. The van der Waals surface area contributed by atoms with Gasteiger partial charge in [0, 0.05) is 16.2 Å². The lowest BCUT2D eigenvalue weighted by Gasteiger charge is -2.20. The molecule has 0 saturated heterocycles. The number of halogens is 1. The van der Waals surface area contributed by atoms with Gasteiger partial charge in [0.1, 0.15) is 5.82 Å². The lowest BCUT2D eigenvalue weighted by atomic mass is 10.1. The Labute approximate surface area is 163 Å². The number of benzene rings is 1. The zero-order chi connectivity index (χ0) is 17.9.